The van der Waals surface area contributed by atoms with E-state index in [4.69, 9.17) is 27.9 Å². The molecule has 1 aliphatic rings. The first-order valence-corrected chi connectivity index (χ1v) is 15.9. The number of aryl methyl sites for hydroxylation is 1. The van der Waals surface area contributed by atoms with E-state index in [1.165, 1.54) is 0 Å². The van der Waals surface area contributed by atoms with Crippen molar-refractivity contribution in [3.8, 4) is 11.6 Å². The molecule has 242 valence electrons. The molecule has 48 heavy (non-hydrogen) atoms. The molecule has 5 aromatic rings. The highest BCUT2D eigenvalue weighted by atomic mass is 35.5. The number of nitrogens with zero attached hydrogens (tertiary/aromatic N) is 4. The van der Waals surface area contributed by atoms with E-state index in [-0.39, 0.29) is 28.9 Å². The summed E-state index contributed by atoms with van der Waals surface area (Å²) in [6.45, 7) is 2.68. The third kappa shape index (κ3) is 9.37. The minimum Gasteiger partial charge on any atom is -0.478 e. The predicted octanol–water partition coefficient (Wildman–Crippen LogP) is 8.37. The summed E-state index contributed by atoms with van der Waals surface area (Å²) in [7, 11) is 0. The van der Waals surface area contributed by atoms with Gasteiger partial charge in [0.25, 0.3) is 5.91 Å². The maximum absolute atomic E-state index is 13.6. The third-order valence-corrected chi connectivity index (χ3v) is 7.78. The number of benzene rings is 4. The van der Waals surface area contributed by atoms with Crippen molar-refractivity contribution in [2.45, 2.75) is 26.3 Å². The fourth-order valence-corrected chi connectivity index (χ4v) is 5.22. The van der Waals surface area contributed by atoms with Crippen LogP contribution in [0.5, 0.6) is 11.6 Å². The number of carboxylic acids is 1. The van der Waals surface area contributed by atoms with Gasteiger partial charge in [-0.3, -0.25) is 4.79 Å². The Labute approximate surface area is 289 Å². The minimum atomic E-state index is -1.14. The van der Waals surface area contributed by atoms with Crippen LogP contribution in [0.3, 0.4) is 0 Å². The van der Waals surface area contributed by atoms with Crippen LogP contribution in [0.25, 0.3) is 0 Å². The fraction of sp³-hybridized carbons (Fsp3) is 0.132. The Kier molecular flexibility index (Phi) is 11.7. The monoisotopic (exact) mass is 678 g/mol. The first-order chi connectivity index (χ1) is 23.3. The molecular formula is C38H32Cl2N4O4. The molecule has 8 nitrogen and oxygen atoms in total. The van der Waals surface area contributed by atoms with Crippen LogP contribution in [-0.2, 0) is 22.6 Å². The van der Waals surface area contributed by atoms with Crippen LogP contribution in [-0.4, -0.2) is 44.1 Å². The number of rotatable bonds is 10. The number of aliphatic imine (C=N–C) groups is 1. The molecule has 1 aromatic heterocycles. The molecule has 0 fully saturated rings. The van der Waals surface area contributed by atoms with Crippen LogP contribution < -0.4 is 4.74 Å². The van der Waals surface area contributed by atoms with Gasteiger partial charge in [-0.25, -0.2) is 14.8 Å². The fourth-order valence-electron chi connectivity index (χ4n) is 4.91. The first-order valence-electron chi connectivity index (χ1n) is 15.2. The molecule has 0 aliphatic carbocycles. The van der Waals surface area contributed by atoms with Gasteiger partial charge in [0, 0.05) is 36.3 Å². The second-order valence-electron chi connectivity index (χ2n) is 10.9. The standard InChI is InChI=1S/C27H23ClN2O3.C11H9ClN2O/c28-22-13-7-12-21(16-22)24-17-23(27(32)33)25(29-24)26(31)30(18-20-10-5-2-6-11-20)15-14-19-8-3-1-4-9-19;1-8-7-13-11(12)14-10(8)15-9-5-3-2-4-6-9/h1-13,16H,14-15,17-18H2,(H,32,33);2-7H,1H3. The third-order valence-electron chi connectivity index (χ3n) is 7.37. The van der Waals surface area contributed by atoms with Gasteiger partial charge in [-0.15, -0.1) is 0 Å². The predicted molar refractivity (Wildman–Crippen MR) is 188 cm³/mol. The number of para-hydroxylation sites is 1. The lowest BCUT2D eigenvalue weighted by Crippen LogP contribution is -2.33. The molecule has 0 radical (unpaired) electrons. The molecule has 0 saturated carbocycles. The number of aliphatic carboxylic acids is 1. The van der Waals surface area contributed by atoms with Crippen LogP contribution in [0, 0.1) is 6.92 Å². The smallest absolute Gasteiger partial charge is 0.334 e. The number of hydrogen-bond donors (Lipinski definition) is 1. The zero-order valence-electron chi connectivity index (χ0n) is 26.1. The zero-order chi connectivity index (χ0) is 33.9. The van der Waals surface area contributed by atoms with Gasteiger partial charge in [-0.2, -0.15) is 4.98 Å². The summed E-state index contributed by atoms with van der Waals surface area (Å²) in [6, 6.07) is 36.0. The minimum absolute atomic E-state index is 0.00717. The SMILES string of the molecule is Cc1cnc(Cl)nc1Oc1ccccc1.O=C(O)C1=C(C(=O)N(CCc2ccccc2)Cc2ccccc2)N=C(c2cccc(Cl)c2)C1. The number of halogens is 2. The number of carbonyl (C=O) groups is 2. The normalized spacial score (nSPS) is 12.1. The van der Waals surface area contributed by atoms with Crippen LogP contribution in [0.15, 0.2) is 138 Å². The highest BCUT2D eigenvalue weighted by Gasteiger charge is 2.31. The first kappa shape index (κ1) is 34.0. The van der Waals surface area contributed by atoms with Crippen molar-refractivity contribution in [3.05, 3.63) is 165 Å². The van der Waals surface area contributed by atoms with E-state index in [9.17, 15) is 14.7 Å². The van der Waals surface area contributed by atoms with Crippen molar-refractivity contribution in [1.82, 2.24) is 14.9 Å². The lowest BCUT2D eigenvalue weighted by atomic mass is 10.0. The molecule has 1 aliphatic heterocycles. The van der Waals surface area contributed by atoms with Crippen LogP contribution in [0.4, 0.5) is 0 Å². The molecule has 0 spiro atoms. The highest BCUT2D eigenvalue weighted by Crippen LogP contribution is 2.27. The van der Waals surface area contributed by atoms with Crippen LogP contribution >= 0.6 is 23.2 Å². The molecule has 0 atom stereocenters. The number of carbonyl (C=O) groups excluding carboxylic acids is 1. The highest BCUT2D eigenvalue weighted by molar-refractivity contribution is 6.31. The Hall–Kier alpha value is -5.31. The number of aromatic nitrogens is 2. The lowest BCUT2D eigenvalue weighted by Gasteiger charge is -2.23. The Morgan fingerprint density at radius 1 is 0.854 bits per heavy atom. The van der Waals surface area contributed by atoms with Crippen molar-refractivity contribution < 1.29 is 19.4 Å². The van der Waals surface area contributed by atoms with Gasteiger partial charge in [0.05, 0.1) is 11.3 Å². The zero-order valence-corrected chi connectivity index (χ0v) is 27.6. The number of carboxylic acid groups (broad SMARTS) is 1. The van der Waals surface area contributed by atoms with Gasteiger partial charge in [-0.05, 0) is 65.9 Å². The Morgan fingerprint density at radius 3 is 2.15 bits per heavy atom. The van der Waals surface area contributed by atoms with E-state index >= 15 is 0 Å². The van der Waals surface area contributed by atoms with E-state index in [2.05, 4.69) is 15.0 Å². The molecule has 1 N–H and O–H groups in total. The number of ether oxygens (including phenoxy) is 1. The van der Waals surface area contributed by atoms with Gasteiger partial charge < -0.3 is 14.7 Å². The van der Waals surface area contributed by atoms with Crippen molar-refractivity contribution in [2.24, 2.45) is 4.99 Å². The molecule has 1 amide bonds. The Balaban J connectivity index is 0.000000250. The molecule has 10 heteroatoms. The van der Waals surface area contributed by atoms with Gasteiger partial charge in [-0.1, -0.05) is 103 Å². The molecule has 2 heterocycles. The van der Waals surface area contributed by atoms with E-state index < -0.39 is 5.97 Å². The molecule has 0 bridgehead atoms. The Morgan fingerprint density at radius 2 is 1.50 bits per heavy atom. The largest absolute Gasteiger partial charge is 0.478 e. The van der Waals surface area contributed by atoms with E-state index in [1.807, 2.05) is 104 Å². The number of amides is 1. The summed E-state index contributed by atoms with van der Waals surface area (Å²) >= 11 is 11.8. The summed E-state index contributed by atoms with van der Waals surface area (Å²) in [5.41, 5.74) is 4.15. The van der Waals surface area contributed by atoms with E-state index in [0.29, 0.717) is 41.7 Å². The van der Waals surface area contributed by atoms with Gasteiger partial charge >= 0.3 is 5.97 Å². The number of hydrogen-bond acceptors (Lipinski definition) is 6. The second-order valence-corrected chi connectivity index (χ2v) is 11.6. The van der Waals surface area contributed by atoms with Crippen molar-refractivity contribution in [1.29, 1.82) is 0 Å². The second kappa shape index (κ2) is 16.5. The topological polar surface area (TPSA) is 105 Å². The maximum Gasteiger partial charge on any atom is 0.334 e. The van der Waals surface area contributed by atoms with Crippen LogP contribution in [0.1, 0.15) is 28.7 Å². The summed E-state index contributed by atoms with van der Waals surface area (Å²) in [5, 5.41) is 10.5. The molecule has 4 aromatic carbocycles. The summed E-state index contributed by atoms with van der Waals surface area (Å²) < 4.78 is 5.55. The van der Waals surface area contributed by atoms with E-state index in [0.717, 1.165) is 22.4 Å². The van der Waals surface area contributed by atoms with Crippen molar-refractivity contribution in [3.63, 3.8) is 0 Å². The van der Waals surface area contributed by atoms with Gasteiger partial charge in [0.1, 0.15) is 11.4 Å². The maximum atomic E-state index is 13.6. The summed E-state index contributed by atoms with van der Waals surface area (Å²) in [6.07, 6.45) is 2.36. The molecular weight excluding hydrogens is 647 g/mol. The van der Waals surface area contributed by atoms with Crippen molar-refractivity contribution in [2.75, 3.05) is 6.54 Å². The van der Waals surface area contributed by atoms with Gasteiger partial charge in [0.2, 0.25) is 11.2 Å². The molecule has 0 unspecified atom stereocenters. The average Bonchev–Trinajstić information content (AvgIpc) is 3.56. The average molecular weight is 680 g/mol. The van der Waals surface area contributed by atoms with Gasteiger partial charge in [0.15, 0.2) is 0 Å². The van der Waals surface area contributed by atoms with Crippen molar-refractivity contribution >= 4 is 40.8 Å². The lowest BCUT2D eigenvalue weighted by molar-refractivity contribution is -0.134. The van der Waals surface area contributed by atoms with E-state index in [1.54, 1.807) is 29.3 Å². The quantitative estimate of drug-likeness (QED) is 0.149. The Bertz CT molecular complexity index is 1940. The summed E-state index contributed by atoms with van der Waals surface area (Å²) in [4.78, 5) is 39.6. The van der Waals surface area contributed by atoms with Crippen LogP contribution in [0.2, 0.25) is 10.3 Å². The summed E-state index contributed by atoms with van der Waals surface area (Å²) in [5.74, 6) is -0.303. The molecule has 6 rings (SSSR count). The molecule has 0 saturated heterocycles.